The molecule has 1 aromatic carbocycles. The molecule has 0 aliphatic heterocycles. The molecule has 1 heterocycles. The molecule has 0 atom stereocenters. The van der Waals surface area contributed by atoms with E-state index >= 15 is 0 Å². The third-order valence-corrected chi connectivity index (χ3v) is 2.59. The van der Waals surface area contributed by atoms with E-state index in [1.54, 1.807) is 18.2 Å². The van der Waals surface area contributed by atoms with Crippen molar-refractivity contribution in [3.63, 3.8) is 0 Å². The molecule has 17 heavy (non-hydrogen) atoms. The third kappa shape index (κ3) is 2.42. The van der Waals surface area contributed by atoms with Gasteiger partial charge in [0, 0.05) is 10.6 Å². The van der Waals surface area contributed by atoms with E-state index in [0.717, 1.165) is 11.1 Å². The lowest BCUT2D eigenvalue weighted by Crippen LogP contribution is -2.02. The maximum absolute atomic E-state index is 10.6. The van der Waals surface area contributed by atoms with Crippen molar-refractivity contribution in [2.24, 2.45) is 0 Å². The summed E-state index contributed by atoms with van der Waals surface area (Å²) in [5, 5.41) is 16.8. The molecule has 0 unspecified atom stereocenters. The molecule has 1 N–H and O–H groups in total. The molecule has 2 aromatic rings. The molecular weight excluding hydrogens is 240 g/mol. The first kappa shape index (κ1) is 11.5. The zero-order chi connectivity index (χ0) is 12.4. The number of carboxylic acid groups (broad SMARTS) is 1. The zero-order valence-corrected chi connectivity index (χ0v) is 9.77. The SMILES string of the molecule is Cc1ccc(Cl)cc1-c1ccc(C(=O)O)nn1. The van der Waals surface area contributed by atoms with Gasteiger partial charge in [-0.1, -0.05) is 17.7 Å². The van der Waals surface area contributed by atoms with Crippen molar-refractivity contribution in [1.29, 1.82) is 0 Å². The van der Waals surface area contributed by atoms with E-state index in [1.807, 2.05) is 13.0 Å². The fourth-order valence-electron chi connectivity index (χ4n) is 1.46. The van der Waals surface area contributed by atoms with Gasteiger partial charge in [-0.3, -0.25) is 0 Å². The topological polar surface area (TPSA) is 63.1 Å². The second kappa shape index (κ2) is 4.51. The Labute approximate surface area is 103 Å². The number of aromatic carboxylic acids is 1. The molecule has 0 aliphatic carbocycles. The van der Waals surface area contributed by atoms with Crippen molar-refractivity contribution >= 4 is 17.6 Å². The number of hydrogen-bond donors (Lipinski definition) is 1. The fourth-order valence-corrected chi connectivity index (χ4v) is 1.63. The minimum absolute atomic E-state index is 0.0755. The summed E-state index contributed by atoms with van der Waals surface area (Å²) in [6.07, 6.45) is 0. The maximum Gasteiger partial charge on any atom is 0.356 e. The highest BCUT2D eigenvalue weighted by Crippen LogP contribution is 2.24. The van der Waals surface area contributed by atoms with Gasteiger partial charge in [-0.2, -0.15) is 0 Å². The van der Waals surface area contributed by atoms with Crippen molar-refractivity contribution in [2.75, 3.05) is 0 Å². The Morgan fingerprint density at radius 1 is 1.24 bits per heavy atom. The monoisotopic (exact) mass is 248 g/mol. The first-order valence-corrected chi connectivity index (χ1v) is 5.29. The minimum atomic E-state index is -1.09. The minimum Gasteiger partial charge on any atom is -0.476 e. The van der Waals surface area contributed by atoms with Gasteiger partial charge >= 0.3 is 5.97 Å². The van der Waals surface area contributed by atoms with E-state index in [-0.39, 0.29) is 5.69 Å². The number of hydrogen-bond acceptors (Lipinski definition) is 3. The summed E-state index contributed by atoms with van der Waals surface area (Å²) in [6, 6.07) is 8.49. The van der Waals surface area contributed by atoms with Gasteiger partial charge in [-0.25, -0.2) is 4.79 Å². The van der Waals surface area contributed by atoms with E-state index in [4.69, 9.17) is 16.7 Å². The van der Waals surface area contributed by atoms with Gasteiger partial charge in [-0.15, -0.1) is 10.2 Å². The number of aromatic nitrogens is 2. The van der Waals surface area contributed by atoms with Crippen LogP contribution in [0, 0.1) is 6.92 Å². The molecule has 0 spiro atoms. The molecule has 2 rings (SSSR count). The van der Waals surface area contributed by atoms with Crippen molar-refractivity contribution in [3.8, 4) is 11.3 Å². The molecule has 0 aliphatic rings. The van der Waals surface area contributed by atoms with Crippen molar-refractivity contribution in [3.05, 3.63) is 46.6 Å². The standard InChI is InChI=1S/C12H9ClN2O2/c1-7-2-3-8(13)6-9(7)10-4-5-11(12(16)17)15-14-10/h2-6H,1H3,(H,16,17). The summed E-state index contributed by atoms with van der Waals surface area (Å²) in [5.41, 5.74) is 2.39. The highest BCUT2D eigenvalue weighted by molar-refractivity contribution is 6.30. The highest BCUT2D eigenvalue weighted by atomic mass is 35.5. The van der Waals surface area contributed by atoms with Gasteiger partial charge in [0.15, 0.2) is 5.69 Å². The first-order valence-electron chi connectivity index (χ1n) is 4.91. The molecule has 0 fully saturated rings. The summed E-state index contributed by atoms with van der Waals surface area (Å²) >= 11 is 5.91. The van der Waals surface area contributed by atoms with Crippen LogP contribution in [0.15, 0.2) is 30.3 Å². The van der Waals surface area contributed by atoms with Gasteiger partial charge in [0.2, 0.25) is 0 Å². The van der Waals surface area contributed by atoms with Crippen LogP contribution < -0.4 is 0 Å². The van der Waals surface area contributed by atoms with Gasteiger partial charge in [0.1, 0.15) is 0 Å². The van der Waals surface area contributed by atoms with Gasteiger partial charge in [0.05, 0.1) is 5.69 Å². The van der Waals surface area contributed by atoms with E-state index in [1.165, 1.54) is 6.07 Å². The van der Waals surface area contributed by atoms with Crippen LogP contribution in [0.1, 0.15) is 16.1 Å². The number of carboxylic acids is 1. The van der Waals surface area contributed by atoms with Crippen molar-refractivity contribution in [2.45, 2.75) is 6.92 Å². The summed E-state index contributed by atoms with van der Waals surface area (Å²) in [5.74, 6) is -1.09. The lowest BCUT2D eigenvalue weighted by molar-refractivity contribution is 0.0689. The van der Waals surface area contributed by atoms with Crippen LogP contribution in [0.5, 0.6) is 0 Å². The maximum atomic E-state index is 10.6. The normalized spacial score (nSPS) is 10.2. The Kier molecular flexibility index (Phi) is 3.06. The average Bonchev–Trinajstić information content (AvgIpc) is 2.32. The van der Waals surface area contributed by atoms with E-state index < -0.39 is 5.97 Å². The summed E-state index contributed by atoms with van der Waals surface area (Å²) in [7, 11) is 0. The fraction of sp³-hybridized carbons (Fsp3) is 0.0833. The smallest absolute Gasteiger partial charge is 0.356 e. The van der Waals surface area contributed by atoms with Gasteiger partial charge in [0.25, 0.3) is 0 Å². The predicted octanol–water partition coefficient (Wildman–Crippen LogP) is 2.80. The Bertz CT molecular complexity index is 567. The Morgan fingerprint density at radius 3 is 2.59 bits per heavy atom. The van der Waals surface area contributed by atoms with Gasteiger partial charge < -0.3 is 5.11 Å². The average molecular weight is 249 g/mol. The van der Waals surface area contributed by atoms with Crippen LogP contribution in [0.4, 0.5) is 0 Å². The molecule has 0 saturated heterocycles. The van der Waals surface area contributed by atoms with E-state index in [9.17, 15) is 4.79 Å². The van der Waals surface area contributed by atoms with Crippen LogP contribution in [0.2, 0.25) is 5.02 Å². The number of nitrogens with zero attached hydrogens (tertiary/aromatic N) is 2. The van der Waals surface area contributed by atoms with Gasteiger partial charge in [-0.05, 0) is 36.8 Å². The molecular formula is C12H9ClN2O2. The zero-order valence-electron chi connectivity index (χ0n) is 9.01. The van der Waals surface area contributed by atoms with Crippen LogP contribution in [-0.2, 0) is 0 Å². The Balaban J connectivity index is 2.46. The second-order valence-electron chi connectivity index (χ2n) is 3.57. The number of rotatable bonds is 2. The lowest BCUT2D eigenvalue weighted by Gasteiger charge is -2.05. The molecule has 0 saturated carbocycles. The Morgan fingerprint density at radius 2 is 2.00 bits per heavy atom. The predicted molar refractivity (Wildman–Crippen MR) is 64.2 cm³/mol. The number of halogens is 1. The quantitative estimate of drug-likeness (QED) is 0.888. The molecule has 4 nitrogen and oxygen atoms in total. The number of benzene rings is 1. The van der Waals surface area contributed by atoms with Crippen LogP contribution >= 0.6 is 11.6 Å². The third-order valence-electron chi connectivity index (χ3n) is 2.36. The molecule has 0 radical (unpaired) electrons. The van der Waals surface area contributed by atoms with Crippen molar-refractivity contribution < 1.29 is 9.90 Å². The first-order chi connectivity index (χ1) is 8.08. The summed E-state index contributed by atoms with van der Waals surface area (Å²) < 4.78 is 0. The largest absolute Gasteiger partial charge is 0.476 e. The molecule has 5 heteroatoms. The number of aryl methyl sites for hydroxylation is 1. The molecule has 1 aromatic heterocycles. The van der Waals surface area contributed by atoms with Crippen LogP contribution in [0.3, 0.4) is 0 Å². The molecule has 86 valence electrons. The highest BCUT2D eigenvalue weighted by Gasteiger charge is 2.08. The van der Waals surface area contributed by atoms with E-state index in [2.05, 4.69) is 10.2 Å². The second-order valence-corrected chi connectivity index (χ2v) is 4.00. The van der Waals surface area contributed by atoms with Crippen LogP contribution in [0.25, 0.3) is 11.3 Å². The summed E-state index contributed by atoms with van der Waals surface area (Å²) in [6.45, 7) is 1.93. The molecule has 0 amide bonds. The lowest BCUT2D eigenvalue weighted by atomic mass is 10.1. The summed E-state index contributed by atoms with van der Waals surface area (Å²) in [4.78, 5) is 10.6. The Hall–Kier alpha value is -1.94. The van der Waals surface area contributed by atoms with E-state index in [0.29, 0.717) is 10.7 Å². The van der Waals surface area contributed by atoms with Crippen LogP contribution in [-0.4, -0.2) is 21.3 Å². The molecule has 0 bridgehead atoms. The van der Waals surface area contributed by atoms with Crippen molar-refractivity contribution in [1.82, 2.24) is 10.2 Å². The number of carbonyl (C=O) groups is 1.